The molecule has 1 aromatic carbocycles. The van der Waals surface area contributed by atoms with E-state index in [0.29, 0.717) is 18.0 Å². The molecule has 7 nitrogen and oxygen atoms in total. The fraction of sp³-hybridized carbons (Fsp3) is 0.474. The molecule has 2 aromatic rings. The molecule has 7 heteroatoms. The molecule has 2 heterocycles. The van der Waals surface area contributed by atoms with Gasteiger partial charge in [0.1, 0.15) is 6.33 Å². The molecule has 1 aliphatic heterocycles. The highest BCUT2D eigenvalue weighted by molar-refractivity contribution is 5.94. The minimum absolute atomic E-state index is 0.0237. The largest absolute Gasteiger partial charge is 0.352 e. The number of hydrogen-bond acceptors (Lipinski definition) is 5. The predicted octanol–water partition coefficient (Wildman–Crippen LogP) is 1.37. The first-order valence-corrected chi connectivity index (χ1v) is 9.14. The van der Waals surface area contributed by atoms with E-state index in [4.69, 9.17) is 0 Å². The quantitative estimate of drug-likeness (QED) is 0.784. The summed E-state index contributed by atoms with van der Waals surface area (Å²) in [7, 11) is 2.16. The second-order valence-corrected chi connectivity index (χ2v) is 7.08. The van der Waals surface area contributed by atoms with E-state index in [-0.39, 0.29) is 5.91 Å². The van der Waals surface area contributed by atoms with Gasteiger partial charge in [0.2, 0.25) is 0 Å². The number of rotatable bonds is 7. The van der Waals surface area contributed by atoms with Crippen molar-refractivity contribution in [2.24, 2.45) is 5.92 Å². The molecule has 26 heavy (non-hydrogen) atoms. The molecule has 3 rings (SSSR count). The number of amides is 1. The van der Waals surface area contributed by atoms with Crippen molar-refractivity contribution in [1.29, 1.82) is 0 Å². The highest BCUT2D eigenvalue weighted by Gasteiger charge is 2.16. The molecule has 0 spiro atoms. The van der Waals surface area contributed by atoms with Crippen LogP contribution in [-0.2, 0) is 0 Å². The van der Waals surface area contributed by atoms with Crippen molar-refractivity contribution in [3.8, 4) is 0 Å². The lowest BCUT2D eigenvalue weighted by Crippen LogP contribution is -2.46. The van der Waals surface area contributed by atoms with Crippen LogP contribution in [0, 0.1) is 5.92 Å². The third kappa shape index (κ3) is 5.31. The van der Waals surface area contributed by atoms with Crippen LogP contribution in [0.3, 0.4) is 0 Å². The number of aromatic nitrogens is 2. The number of piperazine rings is 1. The molecular weight excluding hydrogens is 328 g/mol. The summed E-state index contributed by atoms with van der Waals surface area (Å²) in [6.07, 6.45) is 5.21. The number of benzene rings is 1. The molecule has 0 saturated carbocycles. The minimum atomic E-state index is -0.0237. The number of carbonyl (C=O) groups is 1. The van der Waals surface area contributed by atoms with E-state index in [1.807, 2.05) is 30.5 Å². The highest BCUT2D eigenvalue weighted by atomic mass is 16.1. The second kappa shape index (κ2) is 8.82. The highest BCUT2D eigenvalue weighted by Crippen LogP contribution is 2.10. The average Bonchev–Trinajstić information content (AvgIpc) is 3.15. The summed E-state index contributed by atoms with van der Waals surface area (Å²) in [5, 5.41) is 3.05. The second-order valence-electron chi connectivity index (χ2n) is 7.08. The molecule has 2 N–H and O–H groups in total. The van der Waals surface area contributed by atoms with Crippen molar-refractivity contribution < 1.29 is 4.79 Å². The standard InChI is InChI=1S/C19H28N6O/c1-16(14-24-11-9-23(2)10-12-24)13-21-19(26)17-3-5-18(6-4-17)22-25-8-7-20-15-25/h3-8,15-16,22H,9-14H2,1-2H3,(H,21,26). The van der Waals surface area contributed by atoms with E-state index in [1.54, 1.807) is 17.2 Å². The van der Waals surface area contributed by atoms with Gasteiger partial charge in [-0.05, 0) is 37.2 Å². The van der Waals surface area contributed by atoms with E-state index in [1.165, 1.54) is 0 Å². The minimum Gasteiger partial charge on any atom is -0.352 e. The molecule has 1 atom stereocenters. The Hall–Kier alpha value is -2.38. The molecule has 0 aliphatic carbocycles. The summed E-state index contributed by atoms with van der Waals surface area (Å²) < 4.78 is 1.76. The van der Waals surface area contributed by atoms with Gasteiger partial charge in [-0.1, -0.05) is 6.92 Å². The van der Waals surface area contributed by atoms with Crippen molar-refractivity contribution in [3.63, 3.8) is 0 Å². The van der Waals surface area contributed by atoms with Gasteiger partial charge in [-0.15, -0.1) is 0 Å². The maximum absolute atomic E-state index is 12.3. The van der Waals surface area contributed by atoms with Gasteiger partial charge in [-0.25, -0.2) is 4.98 Å². The fourth-order valence-electron chi connectivity index (χ4n) is 3.08. The Morgan fingerprint density at radius 1 is 1.19 bits per heavy atom. The molecule has 0 radical (unpaired) electrons. The zero-order chi connectivity index (χ0) is 18.4. The van der Waals surface area contributed by atoms with Crippen molar-refractivity contribution >= 4 is 11.6 Å². The van der Waals surface area contributed by atoms with Gasteiger partial charge in [0.05, 0.1) is 5.69 Å². The Labute approximate surface area is 155 Å². The van der Waals surface area contributed by atoms with Gasteiger partial charge in [-0.3, -0.25) is 14.9 Å². The van der Waals surface area contributed by atoms with Gasteiger partial charge in [0.15, 0.2) is 0 Å². The van der Waals surface area contributed by atoms with Gasteiger partial charge in [0, 0.05) is 57.2 Å². The van der Waals surface area contributed by atoms with Crippen LogP contribution in [-0.4, -0.2) is 71.7 Å². The molecule has 1 aliphatic rings. The lowest BCUT2D eigenvalue weighted by molar-refractivity contribution is 0.0937. The first-order chi connectivity index (χ1) is 12.6. The Bertz CT molecular complexity index is 677. The van der Waals surface area contributed by atoms with Crippen LogP contribution in [0.15, 0.2) is 43.0 Å². The molecule has 1 saturated heterocycles. The summed E-state index contributed by atoms with van der Waals surface area (Å²) in [5.41, 5.74) is 4.74. The number of likely N-dealkylation sites (N-methyl/N-ethyl adjacent to an activating group) is 1. The third-order valence-corrected chi connectivity index (χ3v) is 4.69. The maximum atomic E-state index is 12.3. The van der Waals surface area contributed by atoms with Crippen LogP contribution in [0.1, 0.15) is 17.3 Å². The number of hydrogen-bond donors (Lipinski definition) is 2. The predicted molar refractivity (Wildman–Crippen MR) is 103 cm³/mol. The zero-order valence-electron chi connectivity index (χ0n) is 15.6. The SMILES string of the molecule is CC(CNC(=O)c1ccc(Nn2ccnc2)cc1)CN1CCN(C)CC1. The van der Waals surface area contributed by atoms with Crippen molar-refractivity contribution in [3.05, 3.63) is 48.5 Å². The Kier molecular flexibility index (Phi) is 6.25. The monoisotopic (exact) mass is 356 g/mol. The summed E-state index contributed by atoms with van der Waals surface area (Å²) in [4.78, 5) is 21.2. The molecule has 0 bridgehead atoms. The van der Waals surface area contributed by atoms with Gasteiger partial charge >= 0.3 is 0 Å². The lowest BCUT2D eigenvalue weighted by atomic mass is 10.1. The number of imidazole rings is 1. The molecular formula is C19H28N6O. The number of nitrogens with zero attached hydrogens (tertiary/aromatic N) is 4. The van der Waals surface area contributed by atoms with Gasteiger partial charge in [0.25, 0.3) is 5.91 Å². The van der Waals surface area contributed by atoms with E-state index in [2.05, 4.69) is 39.5 Å². The maximum Gasteiger partial charge on any atom is 0.251 e. The molecule has 1 unspecified atom stereocenters. The summed E-state index contributed by atoms with van der Waals surface area (Å²) >= 11 is 0. The topological polar surface area (TPSA) is 65.4 Å². The van der Waals surface area contributed by atoms with Crippen LogP contribution < -0.4 is 10.7 Å². The van der Waals surface area contributed by atoms with Crippen LogP contribution in [0.2, 0.25) is 0 Å². The zero-order valence-corrected chi connectivity index (χ0v) is 15.6. The third-order valence-electron chi connectivity index (χ3n) is 4.69. The molecule has 140 valence electrons. The first kappa shape index (κ1) is 18.4. The van der Waals surface area contributed by atoms with E-state index in [0.717, 1.165) is 38.4 Å². The van der Waals surface area contributed by atoms with Gasteiger partial charge < -0.3 is 15.1 Å². The Morgan fingerprint density at radius 3 is 2.58 bits per heavy atom. The number of nitrogens with one attached hydrogen (secondary N) is 2. The first-order valence-electron chi connectivity index (χ1n) is 9.14. The Morgan fingerprint density at radius 2 is 1.92 bits per heavy atom. The van der Waals surface area contributed by atoms with E-state index >= 15 is 0 Å². The van der Waals surface area contributed by atoms with E-state index in [9.17, 15) is 4.79 Å². The summed E-state index contributed by atoms with van der Waals surface area (Å²) in [6, 6.07) is 7.45. The van der Waals surface area contributed by atoms with Crippen LogP contribution in [0.25, 0.3) is 0 Å². The van der Waals surface area contributed by atoms with Crippen LogP contribution in [0.5, 0.6) is 0 Å². The normalized spacial score (nSPS) is 17.0. The molecule has 1 fully saturated rings. The van der Waals surface area contributed by atoms with Crippen LogP contribution >= 0.6 is 0 Å². The lowest BCUT2D eigenvalue weighted by Gasteiger charge is -2.33. The molecule has 1 amide bonds. The summed E-state index contributed by atoms with van der Waals surface area (Å²) in [5.74, 6) is 0.411. The van der Waals surface area contributed by atoms with Gasteiger partial charge in [-0.2, -0.15) is 0 Å². The van der Waals surface area contributed by atoms with Crippen LogP contribution in [0.4, 0.5) is 5.69 Å². The molecule has 1 aromatic heterocycles. The summed E-state index contributed by atoms with van der Waals surface area (Å²) in [6.45, 7) is 8.39. The van der Waals surface area contributed by atoms with Crippen molar-refractivity contribution in [2.45, 2.75) is 6.92 Å². The Balaban J connectivity index is 1.42. The number of carbonyl (C=O) groups excluding carboxylic acids is 1. The average molecular weight is 356 g/mol. The fourth-order valence-corrected chi connectivity index (χ4v) is 3.08. The number of anilines is 1. The van der Waals surface area contributed by atoms with E-state index < -0.39 is 0 Å². The van der Waals surface area contributed by atoms with Crippen molar-refractivity contribution in [2.75, 3.05) is 51.7 Å². The smallest absolute Gasteiger partial charge is 0.251 e. The van der Waals surface area contributed by atoms with Crippen molar-refractivity contribution in [1.82, 2.24) is 24.8 Å².